The maximum atomic E-state index is 12.4. The Bertz CT molecular complexity index is 413. The molecule has 104 valence electrons. The number of likely N-dealkylation sites (tertiary alicyclic amines) is 1. The van der Waals surface area contributed by atoms with E-state index >= 15 is 0 Å². The van der Waals surface area contributed by atoms with Crippen molar-refractivity contribution in [1.82, 2.24) is 4.90 Å². The molecule has 3 nitrogen and oxygen atoms in total. The van der Waals surface area contributed by atoms with Crippen LogP contribution >= 0.6 is 0 Å². The number of amides is 1. The normalized spacial score (nSPS) is 19.9. The van der Waals surface area contributed by atoms with Crippen molar-refractivity contribution in [3.8, 4) is 0 Å². The molecule has 1 amide bonds. The molecular weight excluding hydrogens is 236 g/mol. The van der Waals surface area contributed by atoms with Crippen molar-refractivity contribution in [2.75, 3.05) is 25.0 Å². The molecule has 0 spiro atoms. The van der Waals surface area contributed by atoms with Crippen molar-refractivity contribution < 1.29 is 4.79 Å². The predicted molar refractivity (Wildman–Crippen MR) is 79.5 cm³/mol. The summed E-state index contributed by atoms with van der Waals surface area (Å²) in [5.41, 5.74) is 1.87. The Hall–Kier alpha value is -1.51. The topological polar surface area (TPSA) is 32.3 Å². The molecule has 1 saturated heterocycles. The zero-order chi connectivity index (χ0) is 13.7. The first-order valence-electron chi connectivity index (χ1n) is 7.34. The van der Waals surface area contributed by atoms with Gasteiger partial charge in [0, 0.05) is 30.9 Å². The fraction of sp³-hybridized carbons (Fsp3) is 0.562. The van der Waals surface area contributed by atoms with Crippen LogP contribution in [0.5, 0.6) is 0 Å². The van der Waals surface area contributed by atoms with Gasteiger partial charge < -0.3 is 10.2 Å². The lowest BCUT2D eigenvalue weighted by Crippen LogP contribution is -2.31. The molecule has 1 atom stereocenters. The number of carbonyl (C=O) groups excluding carboxylic acids is 1. The summed E-state index contributed by atoms with van der Waals surface area (Å²) in [4.78, 5) is 14.4. The Kier molecular flexibility index (Phi) is 4.83. The average molecular weight is 260 g/mol. The second-order valence-electron chi connectivity index (χ2n) is 5.44. The van der Waals surface area contributed by atoms with Crippen LogP contribution in [0.25, 0.3) is 0 Å². The first-order chi connectivity index (χ1) is 9.20. The highest BCUT2D eigenvalue weighted by Crippen LogP contribution is 2.19. The van der Waals surface area contributed by atoms with E-state index in [0.29, 0.717) is 0 Å². The van der Waals surface area contributed by atoms with Gasteiger partial charge in [-0.2, -0.15) is 0 Å². The van der Waals surface area contributed by atoms with E-state index in [9.17, 15) is 4.79 Å². The van der Waals surface area contributed by atoms with Gasteiger partial charge in [-0.1, -0.05) is 6.92 Å². The van der Waals surface area contributed by atoms with Crippen molar-refractivity contribution >= 4 is 11.6 Å². The first kappa shape index (κ1) is 13.9. The second-order valence-corrected chi connectivity index (χ2v) is 5.44. The van der Waals surface area contributed by atoms with E-state index in [4.69, 9.17) is 0 Å². The van der Waals surface area contributed by atoms with Crippen LogP contribution in [0.15, 0.2) is 24.3 Å². The number of hydrogen-bond donors (Lipinski definition) is 1. The Morgan fingerprint density at radius 1 is 1.26 bits per heavy atom. The summed E-state index contributed by atoms with van der Waals surface area (Å²) in [5.74, 6) is 0.922. The van der Waals surface area contributed by atoms with E-state index in [1.54, 1.807) is 0 Å². The third-order valence-electron chi connectivity index (χ3n) is 3.82. The highest BCUT2D eigenvalue weighted by Gasteiger charge is 2.19. The standard InChI is InChI=1S/C16H24N2O/c1-3-17-15-8-6-14(7-9-15)16(19)18-11-4-5-13(2)10-12-18/h6-9,13,17H,3-5,10-12H2,1-2H3. The molecule has 1 aliphatic rings. The number of anilines is 1. The minimum absolute atomic E-state index is 0.178. The van der Waals surface area contributed by atoms with Gasteiger partial charge in [-0.3, -0.25) is 4.79 Å². The zero-order valence-electron chi connectivity index (χ0n) is 12.0. The summed E-state index contributed by atoms with van der Waals surface area (Å²) in [6.45, 7) is 7.04. The van der Waals surface area contributed by atoms with Gasteiger partial charge in [0.15, 0.2) is 0 Å². The third-order valence-corrected chi connectivity index (χ3v) is 3.82. The van der Waals surface area contributed by atoms with Gasteiger partial charge in [-0.15, -0.1) is 0 Å². The lowest BCUT2D eigenvalue weighted by molar-refractivity contribution is 0.0760. The van der Waals surface area contributed by atoms with Crippen LogP contribution < -0.4 is 5.32 Å². The quantitative estimate of drug-likeness (QED) is 0.903. The lowest BCUT2D eigenvalue weighted by Gasteiger charge is -2.20. The van der Waals surface area contributed by atoms with Crippen LogP contribution in [0, 0.1) is 5.92 Å². The van der Waals surface area contributed by atoms with Crippen LogP contribution in [0.4, 0.5) is 5.69 Å². The third kappa shape index (κ3) is 3.72. The van der Waals surface area contributed by atoms with Crippen molar-refractivity contribution in [3.63, 3.8) is 0 Å². The summed E-state index contributed by atoms with van der Waals surface area (Å²) in [6, 6.07) is 7.82. The van der Waals surface area contributed by atoms with E-state index in [-0.39, 0.29) is 5.91 Å². The highest BCUT2D eigenvalue weighted by molar-refractivity contribution is 5.94. The molecule has 0 bridgehead atoms. The fourth-order valence-corrected chi connectivity index (χ4v) is 2.58. The number of hydrogen-bond acceptors (Lipinski definition) is 2. The summed E-state index contributed by atoms with van der Waals surface area (Å²) in [5, 5.41) is 3.24. The minimum Gasteiger partial charge on any atom is -0.385 e. The molecule has 1 unspecified atom stereocenters. The molecule has 0 aromatic heterocycles. The molecule has 3 heteroatoms. The summed E-state index contributed by atoms with van der Waals surface area (Å²) < 4.78 is 0. The van der Waals surface area contributed by atoms with Crippen LogP contribution in [0.2, 0.25) is 0 Å². The van der Waals surface area contributed by atoms with Gasteiger partial charge in [-0.05, 0) is 56.4 Å². The molecule has 1 N–H and O–H groups in total. The van der Waals surface area contributed by atoms with E-state index in [1.165, 1.54) is 6.42 Å². The number of rotatable bonds is 3. The monoisotopic (exact) mass is 260 g/mol. The minimum atomic E-state index is 0.178. The van der Waals surface area contributed by atoms with E-state index in [2.05, 4.69) is 19.2 Å². The largest absolute Gasteiger partial charge is 0.385 e. The van der Waals surface area contributed by atoms with Gasteiger partial charge in [0.2, 0.25) is 0 Å². The van der Waals surface area contributed by atoms with E-state index in [0.717, 1.165) is 49.6 Å². The molecule has 1 aromatic rings. The van der Waals surface area contributed by atoms with Gasteiger partial charge in [0.1, 0.15) is 0 Å². The molecule has 0 aliphatic carbocycles. The maximum Gasteiger partial charge on any atom is 0.253 e. The lowest BCUT2D eigenvalue weighted by atomic mass is 10.0. The Labute approximate surface area is 116 Å². The van der Waals surface area contributed by atoms with E-state index < -0.39 is 0 Å². The Morgan fingerprint density at radius 2 is 2.00 bits per heavy atom. The summed E-state index contributed by atoms with van der Waals surface area (Å²) in [7, 11) is 0. The van der Waals surface area contributed by atoms with Crippen LogP contribution in [0.1, 0.15) is 43.5 Å². The van der Waals surface area contributed by atoms with E-state index in [1.807, 2.05) is 29.2 Å². The number of benzene rings is 1. The molecule has 19 heavy (non-hydrogen) atoms. The SMILES string of the molecule is CCNc1ccc(C(=O)N2CCCC(C)CC2)cc1. The maximum absolute atomic E-state index is 12.4. The second kappa shape index (κ2) is 6.60. The molecule has 1 heterocycles. The molecule has 1 aliphatic heterocycles. The Balaban J connectivity index is 2.02. The molecule has 0 radical (unpaired) electrons. The van der Waals surface area contributed by atoms with Gasteiger partial charge in [0.05, 0.1) is 0 Å². The molecule has 0 saturated carbocycles. The van der Waals surface area contributed by atoms with Gasteiger partial charge >= 0.3 is 0 Å². The van der Waals surface area contributed by atoms with Crippen LogP contribution in [0.3, 0.4) is 0 Å². The van der Waals surface area contributed by atoms with Gasteiger partial charge in [-0.25, -0.2) is 0 Å². The number of nitrogens with zero attached hydrogens (tertiary/aromatic N) is 1. The highest BCUT2D eigenvalue weighted by atomic mass is 16.2. The molecule has 2 rings (SSSR count). The summed E-state index contributed by atoms with van der Waals surface area (Å²) in [6.07, 6.45) is 3.49. The fourth-order valence-electron chi connectivity index (χ4n) is 2.58. The smallest absolute Gasteiger partial charge is 0.253 e. The van der Waals surface area contributed by atoms with Crippen molar-refractivity contribution in [3.05, 3.63) is 29.8 Å². The van der Waals surface area contributed by atoms with Gasteiger partial charge in [0.25, 0.3) is 5.91 Å². The van der Waals surface area contributed by atoms with Crippen molar-refractivity contribution in [2.24, 2.45) is 5.92 Å². The predicted octanol–water partition coefficient (Wildman–Crippen LogP) is 3.38. The first-order valence-corrected chi connectivity index (χ1v) is 7.34. The summed E-state index contributed by atoms with van der Waals surface area (Å²) >= 11 is 0. The van der Waals surface area contributed by atoms with Crippen LogP contribution in [-0.2, 0) is 0 Å². The van der Waals surface area contributed by atoms with Crippen molar-refractivity contribution in [1.29, 1.82) is 0 Å². The Morgan fingerprint density at radius 3 is 2.68 bits per heavy atom. The molecular formula is C16H24N2O. The average Bonchev–Trinajstić information content (AvgIpc) is 2.64. The molecule has 1 aromatic carbocycles. The molecule has 1 fully saturated rings. The number of carbonyl (C=O) groups is 1. The van der Waals surface area contributed by atoms with Crippen LogP contribution in [-0.4, -0.2) is 30.4 Å². The number of nitrogens with one attached hydrogen (secondary N) is 1. The van der Waals surface area contributed by atoms with Crippen molar-refractivity contribution in [2.45, 2.75) is 33.1 Å². The zero-order valence-corrected chi connectivity index (χ0v) is 12.0.